The van der Waals surface area contributed by atoms with Crippen molar-refractivity contribution in [2.45, 2.75) is 57.6 Å². The fraction of sp³-hybridized carbons (Fsp3) is 0.722. The smallest absolute Gasteiger partial charge is 0.410 e. The van der Waals surface area contributed by atoms with E-state index in [1.165, 1.54) is 0 Å². The Hall–Kier alpha value is -2.05. The molecule has 2 saturated heterocycles. The van der Waals surface area contributed by atoms with E-state index in [1.54, 1.807) is 22.0 Å². The van der Waals surface area contributed by atoms with Gasteiger partial charge in [-0.1, -0.05) is 12.8 Å². The van der Waals surface area contributed by atoms with E-state index in [4.69, 9.17) is 4.74 Å². The van der Waals surface area contributed by atoms with Crippen LogP contribution < -0.4 is 0 Å². The predicted octanol–water partition coefficient (Wildman–Crippen LogP) is 2.43. The molecule has 2 aliphatic heterocycles. The van der Waals surface area contributed by atoms with Crippen LogP contribution in [0.15, 0.2) is 12.5 Å². The fourth-order valence-corrected chi connectivity index (χ4v) is 3.74. The number of carbonyl (C=O) groups is 2. The molecule has 2 amide bonds. The van der Waals surface area contributed by atoms with Gasteiger partial charge in [-0.3, -0.25) is 4.79 Å². The maximum atomic E-state index is 13.1. The first-order valence-electron chi connectivity index (χ1n) is 8.98. The number of nitrogens with zero attached hydrogens (tertiary/aromatic N) is 4. The van der Waals surface area contributed by atoms with Crippen LogP contribution in [-0.2, 0) is 11.8 Å². The largest absolute Gasteiger partial charge is 0.444 e. The molecule has 0 bridgehead atoms. The summed E-state index contributed by atoms with van der Waals surface area (Å²) in [7, 11) is 1.83. The minimum absolute atomic E-state index is 0.00531. The molecular weight excluding hydrogens is 320 g/mol. The van der Waals surface area contributed by atoms with Gasteiger partial charge in [0.15, 0.2) is 0 Å². The van der Waals surface area contributed by atoms with Crippen molar-refractivity contribution >= 4 is 12.0 Å². The van der Waals surface area contributed by atoms with E-state index in [1.807, 2.05) is 32.7 Å². The Morgan fingerprint density at radius 2 is 1.92 bits per heavy atom. The molecule has 7 heteroatoms. The lowest BCUT2D eigenvalue weighted by Gasteiger charge is -2.55. The van der Waals surface area contributed by atoms with Gasteiger partial charge >= 0.3 is 6.09 Å². The number of hydrogen-bond donors (Lipinski definition) is 0. The molecule has 25 heavy (non-hydrogen) atoms. The molecule has 0 saturated carbocycles. The Morgan fingerprint density at radius 3 is 2.52 bits per heavy atom. The lowest BCUT2D eigenvalue weighted by atomic mass is 9.83. The lowest BCUT2D eigenvalue weighted by molar-refractivity contribution is -0.0550. The van der Waals surface area contributed by atoms with E-state index in [2.05, 4.69) is 4.98 Å². The van der Waals surface area contributed by atoms with E-state index in [9.17, 15) is 9.59 Å². The molecule has 2 fully saturated rings. The highest BCUT2D eigenvalue weighted by molar-refractivity contribution is 5.93. The average Bonchev–Trinajstić information content (AvgIpc) is 2.78. The Balaban J connectivity index is 1.76. The molecule has 1 aromatic heterocycles. The molecule has 0 aromatic carbocycles. The summed E-state index contributed by atoms with van der Waals surface area (Å²) < 4.78 is 7.22. The first-order valence-corrected chi connectivity index (χ1v) is 8.98. The maximum absolute atomic E-state index is 13.1. The van der Waals surface area contributed by atoms with Crippen LogP contribution in [0.25, 0.3) is 0 Å². The highest BCUT2D eigenvalue weighted by atomic mass is 16.6. The van der Waals surface area contributed by atoms with Crippen molar-refractivity contribution in [2.24, 2.45) is 7.05 Å². The van der Waals surface area contributed by atoms with Crippen molar-refractivity contribution in [1.82, 2.24) is 19.4 Å². The monoisotopic (exact) mass is 348 g/mol. The number of hydrogen-bond acceptors (Lipinski definition) is 4. The van der Waals surface area contributed by atoms with Crippen molar-refractivity contribution in [1.29, 1.82) is 0 Å². The number of carbonyl (C=O) groups excluding carboxylic acids is 2. The van der Waals surface area contributed by atoms with Gasteiger partial charge in [0.25, 0.3) is 5.91 Å². The summed E-state index contributed by atoms with van der Waals surface area (Å²) in [5.41, 5.74) is -0.181. The van der Waals surface area contributed by atoms with Gasteiger partial charge in [-0.25, -0.2) is 9.78 Å². The molecule has 0 atom stereocenters. The number of ether oxygens (including phenoxy) is 1. The summed E-state index contributed by atoms with van der Waals surface area (Å²) >= 11 is 0. The SMILES string of the molecule is Cn1cncc1C(=O)N1CCCCCC12CN(C(=O)OC(C)(C)C)C2. The van der Waals surface area contributed by atoms with Gasteiger partial charge in [-0.2, -0.15) is 0 Å². The molecule has 3 rings (SSSR count). The van der Waals surface area contributed by atoms with Crippen molar-refractivity contribution in [3.8, 4) is 0 Å². The van der Waals surface area contributed by atoms with Crippen molar-refractivity contribution in [3.05, 3.63) is 18.2 Å². The lowest BCUT2D eigenvalue weighted by Crippen LogP contribution is -2.72. The molecular formula is C18H28N4O3. The molecule has 1 spiro atoms. The number of aryl methyl sites for hydroxylation is 1. The van der Waals surface area contributed by atoms with E-state index in [0.717, 1.165) is 32.2 Å². The van der Waals surface area contributed by atoms with E-state index in [0.29, 0.717) is 18.8 Å². The third kappa shape index (κ3) is 3.50. The Bertz CT molecular complexity index is 656. The van der Waals surface area contributed by atoms with Gasteiger partial charge < -0.3 is 19.1 Å². The zero-order chi connectivity index (χ0) is 18.2. The second-order valence-corrected chi connectivity index (χ2v) is 8.22. The number of likely N-dealkylation sites (tertiary alicyclic amines) is 2. The second kappa shape index (κ2) is 6.35. The predicted molar refractivity (Wildman–Crippen MR) is 93.3 cm³/mol. The number of imidazole rings is 1. The minimum atomic E-state index is -0.506. The van der Waals surface area contributed by atoms with Crippen LogP contribution in [-0.4, -0.2) is 62.1 Å². The van der Waals surface area contributed by atoms with E-state index >= 15 is 0 Å². The topological polar surface area (TPSA) is 67.7 Å². The fourth-order valence-electron chi connectivity index (χ4n) is 3.74. The normalized spacial score (nSPS) is 20.2. The molecule has 138 valence electrons. The summed E-state index contributed by atoms with van der Waals surface area (Å²) in [5, 5.41) is 0. The summed E-state index contributed by atoms with van der Waals surface area (Å²) in [6.07, 6.45) is 7.08. The Labute approximate surface area is 148 Å². The van der Waals surface area contributed by atoms with Gasteiger partial charge in [-0.15, -0.1) is 0 Å². The number of amides is 2. The first-order chi connectivity index (χ1) is 11.7. The highest BCUT2D eigenvalue weighted by Crippen LogP contribution is 2.37. The van der Waals surface area contributed by atoms with Gasteiger partial charge in [0.1, 0.15) is 11.3 Å². The van der Waals surface area contributed by atoms with Gasteiger partial charge in [0.05, 0.1) is 18.1 Å². The molecule has 7 nitrogen and oxygen atoms in total. The van der Waals surface area contributed by atoms with Crippen molar-refractivity contribution in [2.75, 3.05) is 19.6 Å². The highest BCUT2D eigenvalue weighted by Gasteiger charge is 2.52. The Kier molecular flexibility index (Phi) is 4.51. The zero-order valence-corrected chi connectivity index (χ0v) is 15.6. The van der Waals surface area contributed by atoms with Gasteiger partial charge in [0, 0.05) is 26.7 Å². The first kappa shape index (κ1) is 17.8. The molecule has 3 heterocycles. The van der Waals surface area contributed by atoms with Crippen LogP contribution in [0.3, 0.4) is 0 Å². The van der Waals surface area contributed by atoms with Crippen LogP contribution in [0.5, 0.6) is 0 Å². The maximum Gasteiger partial charge on any atom is 0.410 e. The quantitative estimate of drug-likeness (QED) is 0.782. The summed E-state index contributed by atoms with van der Waals surface area (Å²) in [6, 6.07) is 0. The summed E-state index contributed by atoms with van der Waals surface area (Å²) in [4.78, 5) is 33.1. The van der Waals surface area contributed by atoms with Crippen LogP contribution in [0.1, 0.15) is 56.9 Å². The van der Waals surface area contributed by atoms with Crippen LogP contribution in [0.2, 0.25) is 0 Å². The third-order valence-electron chi connectivity index (χ3n) is 5.00. The molecule has 0 radical (unpaired) electrons. The molecule has 0 unspecified atom stereocenters. The summed E-state index contributed by atoms with van der Waals surface area (Å²) in [5.74, 6) is 0.00531. The molecule has 1 aromatic rings. The number of rotatable bonds is 1. The van der Waals surface area contributed by atoms with Gasteiger partial charge in [0.2, 0.25) is 0 Å². The van der Waals surface area contributed by atoms with Crippen LogP contribution in [0, 0.1) is 0 Å². The van der Waals surface area contributed by atoms with Crippen molar-refractivity contribution in [3.63, 3.8) is 0 Å². The average molecular weight is 348 g/mol. The summed E-state index contributed by atoms with van der Waals surface area (Å²) in [6.45, 7) is 7.42. The van der Waals surface area contributed by atoms with Crippen LogP contribution >= 0.6 is 0 Å². The van der Waals surface area contributed by atoms with E-state index in [-0.39, 0.29) is 17.5 Å². The zero-order valence-electron chi connectivity index (χ0n) is 15.6. The Morgan fingerprint density at radius 1 is 1.20 bits per heavy atom. The molecule has 0 N–H and O–H groups in total. The van der Waals surface area contributed by atoms with Gasteiger partial charge in [-0.05, 0) is 33.6 Å². The third-order valence-corrected chi connectivity index (χ3v) is 5.00. The van der Waals surface area contributed by atoms with Crippen LogP contribution in [0.4, 0.5) is 4.79 Å². The standard InChI is InChI=1S/C18H28N4O3/c1-17(2,3)25-16(24)21-11-18(12-21)8-6-5-7-9-22(18)15(23)14-10-19-13-20(14)4/h10,13H,5-9,11-12H2,1-4H3. The second-order valence-electron chi connectivity index (χ2n) is 8.22. The molecule has 0 aliphatic carbocycles. The van der Waals surface area contributed by atoms with Crippen molar-refractivity contribution < 1.29 is 14.3 Å². The molecule has 2 aliphatic rings. The van der Waals surface area contributed by atoms with E-state index < -0.39 is 5.60 Å². The minimum Gasteiger partial charge on any atom is -0.444 e. The number of aromatic nitrogens is 2.